The van der Waals surface area contributed by atoms with Crippen molar-refractivity contribution in [2.24, 2.45) is 0 Å². The van der Waals surface area contributed by atoms with Crippen LogP contribution in [-0.2, 0) is 4.79 Å². The highest BCUT2D eigenvalue weighted by atomic mass is 35.5. The van der Waals surface area contributed by atoms with Crippen molar-refractivity contribution in [3.63, 3.8) is 0 Å². The number of carbonyl (C=O) groups is 1. The molecule has 0 aliphatic heterocycles. The maximum atomic E-state index is 12.4. The third-order valence-corrected chi connectivity index (χ3v) is 4.71. The molecule has 5 heteroatoms. The van der Waals surface area contributed by atoms with Crippen LogP contribution < -0.4 is 5.32 Å². The second kappa shape index (κ2) is 6.46. The molecule has 0 fully saturated rings. The SMILES string of the molecule is CC(Sc1ccc(Cl)cc1)C(=O)Nc1cccc2[nH]ccc12. The van der Waals surface area contributed by atoms with Gasteiger partial charge in [0, 0.05) is 27.0 Å². The fourth-order valence-electron chi connectivity index (χ4n) is 2.20. The number of halogens is 1. The minimum atomic E-state index is -0.199. The molecule has 2 N–H and O–H groups in total. The Bertz CT molecular complexity index is 798. The highest BCUT2D eigenvalue weighted by Crippen LogP contribution is 2.27. The van der Waals surface area contributed by atoms with E-state index in [1.165, 1.54) is 11.8 Å². The van der Waals surface area contributed by atoms with Crippen LogP contribution in [0.5, 0.6) is 0 Å². The van der Waals surface area contributed by atoms with Crippen molar-refractivity contribution in [1.82, 2.24) is 4.98 Å². The van der Waals surface area contributed by atoms with Crippen molar-refractivity contribution in [2.75, 3.05) is 5.32 Å². The number of thioether (sulfide) groups is 1. The molecule has 1 amide bonds. The Hall–Kier alpha value is -1.91. The molecule has 3 aromatic rings. The molecule has 1 atom stereocenters. The number of amides is 1. The first-order valence-electron chi connectivity index (χ1n) is 6.93. The standard InChI is InChI=1S/C17H15ClN2OS/c1-11(22-13-7-5-12(18)6-8-13)17(21)20-16-4-2-3-15-14(16)9-10-19-15/h2-11,19H,1H3,(H,20,21). The maximum absolute atomic E-state index is 12.4. The highest BCUT2D eigenvalue weighted by Gasteiger charge is 2.15. The van der Waals surface area contributed by atoms with Gasteiger partial charge in [0.25, 0.3) is 0 Å². The van der Waals surface area contributed by atoms with Crippen LogP contribution in [0.1, 0.15) is 6.92 Å². The molecule has 2 aromatic carbocycles. The molecule has 0 aliphatic rings. The fraction of sp³-hybridized carbons (Fsp3) is 0.118. The molecule has 1 aromatic heterocycles. The molecule has 1 unspecified atom stereocenters. The van der Waals surface area contributed by atoms with Gasteiger partial charge in [-0.2, -0.15) is 0 Å². The smallest absolute Gasteiger partial charge is 0.237 e. The van der Waals surface area contributed by atoms with Gasteiger partial charge in [-0.3, -0.25) is 4.79 Å². The van der Waals surface area contributed by atoms with Crippen LogP contribution in [0, 0.1) is 0 Å². The van der Waals surface area contributed by atoms with E-state index in [0.29, 0.717) is 5.02 Å². The number of benzene rings is 2. The van der Waals surface area contributed by atoms with E-state index in [1.54, 1.807) is 0 Å². The van der Waals surface area contributed by atoms with E-state index in [0.717, 1.165) is 21.5 Å². The Labute approximate surface area is 138 Å². The number of aromatic nitrogens is 1. The first kappa shape index (κ1) is 15.0. The molecular formula is C17H15ClN2OS. The largest absolute Gasteiger partial charge is 0.361 e. The van der Waals surface area contributed by atoms with Crippen LogP contribution in [0.3, 0.4) is 0 Å². The average molecular weight is 331 g/mol. The van der Waals surface area contributed by atoms with E-state index < -0.39 is 0 Å². The minimum Gasteiger partial charge on any atom is -0.361 e. The lowest BCUT2D eigenvalue weighted by molar-refractivity contribution is -0.115. The summed E-state index contributed by atoms with van der Waals surface area (Å²) in [5.74, 6) is -0.0198. The van der Waals surface area contributed by atoms with Gasteiger partial charge in [-0.25, -0.2) is 0 Å². The average Bonchev–Trinajstić information content (AvgIpc) is 2.99. The molecule has 0 saturated carbocycles. The summed E-state index contributed by atoms with van der Waals surface area (Å²) < 4.78 is 0. The lowest BCUT2D eigenvalue weighted by atomic mass is 10.2. The monoisotopic (exact) mass is 330 g/mol. The predicted molar refractivity (Wildman–Crippen MR) is 93.7 cm³/mol. The zero-order valence-corrected chi connectivity index (χ0v) is 13.5. The summed E-state index contributed by atoms with van der Waals surface area (Å²) >= 11 is 7.38. The number of carbonyl (C=O) groups excluding carboxylic acids is 1. The number of nitrogens with one attached hydrogen (secondary N) is 2. The Balaban J connectivity index is 1.71. The van der Waals surface area contributed by atoms with Gasteiger partial charge in [-0.1, -0.05) is 17.7 Å². The van der Waals surface area contributed by atoms with Crippen LogP contribution in [0.4, 0.5) is 5.69 Å². The normalized spacial score (nSPS) is 12.3. The van der Waals surface area contributed by atoms with Crippen LogP contribution in [0.25, 0.3) is 10.9 Å². The Morgan fingerprint density at radius 3 is 2.73 bits per heavy atom. The van der Waals surface area contributed by atoms with Crippen molar-refractivity contribution in [3.8, 4) is 0 Å². The minimum absolute atomic E-state index is 0.0198. The molecular weight excluding hydrogens is 316 g/mol. The number of rotatable bonds is 4. The molecule has 3 rings (SSSR count). The second-order valence-electron chi connectivity index (χ2n) is 4.95. The van der Waals surface area contributed by atoms with E-state index in [4.69, 9.17) is 11.6 Å². The van der Waals surface area contributed by atoms with Gasteiger partial charge in [0.15, 0.2) is 0 Å². The van der Waals surface area contributed by atoms with Gasteiger partial charge in [0.05, 0.1) is 10.9 Å². The number of anilines is 1. The van der Waals surface area contributed by atoms with Crippen LogP contribution in [0.15, 0.2) is 59.6 Å². The van der Waals surface area contributed by atoms with Crippen LogP contribution in [0.2, 0.25) is 5.02 Å². The predicted octanol–water partition coefficient (Wildman–Crippen LogP) is 4.94. The van der Waals surface area contributed by atoms with Gasteiger partial charge in [-0.15, -0.1) is 11.8 Å². The number of hydrogen-bond acceptors (Lipinski definition) is 2. The zero-order chi connectivity index (χ0) is 15.5. The summed E-state index contributed by atoms with van der Waals surface area (Å²) in [6.07, 6.45) is 1.87. The molecule has 0 bridgehead atoms. The molecule has 0 aliphatic carbocycles. The van der Waals surface area contributed by atoms with E-state index in [2.05, 4.69) is 10.3 Å². The van der Waals surface area contributed by atoms with Gasteiger partial charge < -0.3 is 10.3 Å². The van der Waals surface area contributed by atoms with E-state index in [-0.39, 0.29) is 11.2 Å². The number of hydrogen-bond donors (Lipinski definition) is 2. The first-order chi connectivity index (χ1) is 10.6. The lowest BCUT2D eigenvalue weighted by Crippen LogP contribution is -2.22. The van der Waals surface area contributed by atoms with Crippen molar-refractivity contribution >= 4 is 45.9 Å². The van der Waals surface area contributed by atoms with Crippen LogP contribution in [-0.4, -0.2) is 16.1 Å². The first-order valence-corrected chi connectivity index (χ1v) is 8.18. The van der Waals surface area contributed by atoms with E-state index in [9.17, 15) is 4.79 Å². The lowest BCUT2D eigenvalue weighted by Gasteiger charge is -2.12. The number of aromatic amines is 1. The fourth-order valence-corrected chi connectivity index (χ4v) is 3.19. The highest BCUT2D eigenvalue weighted by molar-refractivity contribution is 8.00. The van der Waals surface area contributed by atoms with Gasteiger partial charge >= 0.3 is 0 Å². The van der Waals surface area contributed by atoms with Gasteiger partial charge in [0.1, 0.15) is 0 Å². The van der Waals surface area contributed by atoms with Crippen molar-refractivity contribution in [1.29, 1.82) is 0 Å². The molecule has 22 heavy (non-hydrogen) atoms. The Morgan fingerprint density at radius 1 is 1.18 bits per heavy atom. The van der Waals surface area contributed by atoms with E-state index in [1.807, 2.05) is 61.7 Å². The number of H-pyrrole nitrogens is 1. The summed E-state index contributed by atoms with van der Waals surface area (Å²) in [5, 5.41) is 4.51. The van der Waals surface area contributed by atoms with Crippen molar-refractivity contribution in [2.45, 2.75) is 17.1 Å². The number of fused-ring (bicyclic) bond motifs is 1. The maximum Gasteiger partial charge on any atom is 0.237 e. The Morgan fingerprint density at radius 2 is 1.95 bits per heavy atom. The summed E-state index contributed by atoms with van der Waals surface area (Å²) in [6, 6.07) is 15.3. The third-order valence-electron chi connectivity index (χ3n) is 3.35. The quantitative estimate of drug-likeness (QED) is 0.665. The van der Waals surface area contributed by atoms with Gasteiger partial charge in [-0.05, 0) is 49.4 Å². The van der Waals surface area contributed by atoms with Crippen molar-refractivity contribution in [3.05, 3.63) is 59.8 Å². The summed E-state index contributed by atoms with van der Waals surface area (Å²) in [6.45, 7) is 1.89. The molecule has 3 nitrogen and oxygen atoms in total. The molecule has 0 spiro atoms. The topological polar surface area (TPSA) is 44.9 Å². The molecule has 0 saturated heterocycles. The second-order valence-corrected chi connectivity index (χ2v) is 6.80. The van der Waals surface area contributed by atoms with Gasteiger partial charge in [0.2, 0.25) is 5.91 Å². The zero-order valence-electron chi connectivity index (χ0n) is 12.0. The van der Waals surface area contributed by atoms with Crippen molar-refractivity contribution < 1.29 is 4.79 Å². The van der Waals surface area contributed by atoms with Crippen LogP contribution >= 0.6 is 23.4 Å². The summed E-state index contributed by atoms with van der Waals surface area (Å²) in [4.78, 5) is 16.5. The molecule has 112 valence electrons. The molecule has 1 heterocycles. The summed E-state index contributed by atoms with van der Waals surface area (Å²) in [7, 11) is 0. The summed E-state index contributed by atoms with van der Waals surface area (Å²) in [5.41, 5.74) is 1.84. The molecule has 0 radical (unpaired) electrons. The van der Waals surface area contributed by atoms with E-state index >= 15 is 0 Å². The third kappa shape index (κ3) is 3.29. The Kier molecular flexibility index (Phi) is 4.41.